The van der Waals surface area contributed by atoms with Gasteiger partial charge in [0.05, 0.1) is 23.2 Å². The van der Waals surface area contributed by atoms with E-state index in [1.54, 1.807) is 6.07 Å². The zero-order valence-electron chi connectivity index (χ0n) is 21.2. The number of imidazole rings is 1. The Bertz CT molecular complexity index is 1550. The maximum atomic E-state index is 10.3. The molecule has 5 aromatic rings. The van der Waals surface area contributed by atoms with Gasteiger partial charge in [-0.05, 0) is 53.9 Å². The number of H-pyrrole nitrogens is 1. The molecule has 5 rings (SSSR count). The predicted octanol–water partition coefficient (Wildman–Crippen LogP) is 6.07. The van der Waals surface area contributed by atoms with Gasteiger partial charge in [-0.2, -0.15) is 5.10 Å². The van der Waals surface area contributed by atoms with Crippen LogP contribution in [0.1, 0.15) is 11.1 Å². The van der Waals surface area contributed by atoms with Crippen LogP contribution in [0, 0.1) is 6.92 Å². The van der Waals surface area contributed by atoms with E-state index in [9.17, 15) is 10.2 Å². The molecule has 7 nitrogen and oxygen atoms in total. The number of rotatable bonds is 8. The number of aromatic hydroxyl groups is 1. The van der Waals surface area contributed by atoms with Crippen LogP contribution in [0.25, 0.3) is 44.6 Å². The van der Waals surface area contributed by atoms with Crippen molar-refractivity contribution in [1.29, 1.82) is 0 Å². The maximum absolute atomic E-state index is 10.3. The second-order valence-electron chi connectivity index (χ2n) is 10.4. The minimum Gasteiger partial charge on any atom is -0.508 e. The van der Waals surface area contributed by atoms with Gasteiger partial charge < -0.3 is 19.9 Å². The minimum atomic E-state index is -1.19. The molecule has 0 saturated carbocycles. The van der Waals surface area contributed by atoms with Gasteiger partial charge in [-0.1, -0.05) is 50.0 Å². The van der Waals surface area contributed by atoms with Crippen molar-refractivity contribution in [2.24, 2.45) is 0 Å². The van der Waals surface area contributed by atoms with Gasteiger partial charge in [0.2, 0.25) is 0 Å². The van der Waals surface area contributed by atoms with E-state index in [-0.39, 0.29) is 12.4 Å². The Morgan fingerprint density at radius 1 is 1.06 bits per heavy atom. The highest BCUT2D eigenvalue weighted by atomic mass is 28.3. The topological polar surface area (TPSA) is 96.2 Å². The molecule has 0 aliphatic rings. The number of ether oxygens (including phenoxy) is 1. The number of hydrogen-bond donors (Lipinski definition) is 3. The lowest BCUT2D eigenvalue weighted by atomic mass is 9.98. The summed E-state index contributed by atoms with van der Waals surface area (Å²) in [4.78, 5) is 8.20. The molecule has 3 N–H and O–H groups in total. The zero-order chi connectivity index (χ0) is 25.4. The van der Waals surface area contributed by atoms with Gasteiger partial charge in [0, 0.05) is 25.6 Å². The summed E-state index contributed by atoms with van der Waals surface area (Å²) >= 11 is 0. The molecule has 0 spiro atoms. The Kier molecular flexibility index (Phi) is 6.42. The van der Waals surface area contributed by atoms with E-state index in [2.05, 4.69) is 36.8 Å². The van der Waals surface area contributed by atoms with Crippen LogP contribution in [0.5, 0.6) is 5.75 Å². The number of aliphatic hydroxyl groups excluding tert-OH is 1. The molecule has 0 bridgehead atoms. The number of aliphatic hydroxyl groups is 1. The van der Waals surface area contributed by atoms with Crippen molar-refractivity contribution in [3.63, 3.8) is 0 Å². The van der Waals surface area contributed by atoms with Gasteiger partial charge >= 0.3 is 0 Å². The number of hydrogen-bond acceptors (Lipinski definition) is 5. The molecule has 8 heteroatoms. The number of nitrogens with one attached hydrogen (secondary N) is 1. The van der Waals surface area contributed by atoms with Crippen molar-refractivity contribution >= 4 is 30.0 Å². The molecule has 2 aromatic heterocycles. The van der Waals surface area contributed by atoms with E-state index in [1.807, 2.05) is 48.0 Å². The van der Waals surface area contributed by atoms with Crippen LogP contribution in [-0.4, -0.2) is 44.6 Å². The number of fused-ring (bicyclic) bond motifs is 2. The lowest BCUT2D eigenvalue weighted by Crippen LogP contribution is -2.22. The summed E-state index contributed by atoms with van der Waals surface area (Å²) in [6.07, 6.45) is 0. The molecular weight excluding hydrogens is 468 g/mol. The number of phenols is 1. The van der Waals surface area contributed by atoms with Crippen molar-refractivity contribution in [3.8, 4) is 28.4 Å². The molecule has 0 aliphatic carbocycles. The Hall–Kier alpha value is -3.46. The third-order valence-corrected chi connectivity index (χ3v) is 8.27. The molecule has 0 amide bonds. The molecule has 2 heterocycles. The van der Waals surface area contributed by atoms with Gasteiger partial charge in [0.15, 0.2) is 5.82 Å². The summed E-state index contributed by atoms with van der Waals surface area (Å²) in [5.41, 5.74) is 6.81. The van der Waals surface area contributed by atoms with E-state index in [4.69, 9.17) is 14.8 Å². The second kappa shape index (κ2) is 9.53. The molecule has 0 unspecified atom stereocenters. The van der Waals surface area contributed by atoms with E-state index in [0.717, 1.165) is 55.9 Å². The first-order valence-electron chi connectivity index (χ1n) is 12.2. The van der Waals surface area contributed by atoms with E-state index in [1.165, 1.54) is 0 Å². The van der Waals surface area contributed by atoms with Crippen LogP contribution in [0.2, 0.25) is 25.7 Å². The molecule has 3 aromatic carbocycles. The van der Waals surface area contributed by atoms with Crippen LogP contribution < -0.4 is 0 Å². The fourth-order valence-corrected chi connectivity index (χ4v) is 5.17. The first-order valence-corrected chi connectivity index (χ1v) is 15.9. The lowest BCUT2D eigenvalue weighted by molar-refractivity contribution is 0.0818. The van der Waals surface area contributed by atoms with Crippen molar-refractivity contribution in [2.45, 2.75) is 45.9 Å². The van der Waals surface area contributed by atoms with E-state index >= 15 is 0 Å². The van der Waals surface area contributed by atoms with Gasteiger partial charge in [0.25, 0.3) is 0 Å². The smallest absolute Gasteiger partial charge is 0.159 e. The molecule has 0 saturated heterocycles. The molecule has 186 valence electrons. The summed E-state index contributed by atoms with van der Waals surface area (Å²) in [5.74, 6) is 0.912. The van der Waals surface area contributed by atoms with Crippen LogP contribution in [0.15, 0.2) is 54.6 Å². The third kappa shape index (κ3) is 4.67. The average Bonchev–Trinajstić information content (AvgIpc) is 3.44. The number of benzene rings is 3. The fourth-order valence-electron chi connectivity index (χ4n) is 4.42. The highest BCUT2D eigenvalue weighted by Crippen LogP contribution is 2.35. The Morgan fingerprint density at radius 2 is 1.86 bits per heavy atom. The fraction of sp³-hybridized carbons (Fsp3) is 0.286. The van der Waals surface area contributed by atoms with Crippen molar-refractivity contribution < 1.29 is 14.9 Å². The zero-order valence-corrected chi connectivity index (χ0v) is 22.2. The normalized spacial score (nSPS) is 12.1. The van der Waals surface area contributed by atoms with Gasteiger partial charge in [-0.3, -0.25) is 0 Å². The molecule has 0 atom stereocenters. The largest absolute Gasteiger partial charge is 0.508 e. The highest BCUT2D eigenvalue weighted by Gasteiger charge is 2.19. The molecule has 36 heavy (non-hydrogen) atoms. The standard InChI is InChI=1S/C28H32N4O3Si/c1-18-21(8-6-10-25(18)34)19-11-12-24-22(15-19)27(31-32(24)17-35-13-14-36(2,3)4)28-29-23-9-5-7-20(16-33)26(23)30-28/h5-12,15,33-34H,13-14,16-17H2,1-4H3,(H,29,30). The summed E-state index contributed by atoms with van der Waals surface area (Å²) in [5, 5.41) is 25.9. The van der Waals surface area contributed by atoms with Crippen molar-refractivity contribution in [3.05, 3.63) is 65.7 Å². The Morgan fingerprint density at radius 3 is 2.64 bits per heavy atom. The summed E-state index contributed by atoms with van der Waals surface area (Å²) in [6, 6.07) is 18.6. The second-order valence-corrected chi connectivity index (χ2v) is 16.1. The van der Waals surface area contributed by atoms with Crippen LogP contribution in [-0.2, 0) is 18.1 Å². The van der Waals surface area contributed by atoms with Gasteiger partial charge in [0.1, 0.15) is 18.2 Å². The molecular formula is C28H32N4O3Si. The maximum Gasteiger partial charge on any atom is 0.159 e. The van der Waals surface area contributed by atoms with E-state index in [0.29, 0.717) is 19.2 Å². The Labute approximate surface area is 211 Å². The van der Waals surface area contributed by atoms with Gasteiger partial charge in [-0.15, -0.1) is 0 Å². The van der Waals surface area contributed by atoms with Gasteiger partial charge in [-0.25, -0.2) is 9.67 Å². The van der Waals surface area contributed by atoms with Crippen LogP contribution in [0.3, 0.4) is 0 Å². The lowest BCUT2D eigenvalue weighted by Gasteiger charge is -2.15. The average molecular weight is 501 g/mol. The highest BCUT2D eigenvalue weighted by molar-refractivity contribution is 6.76. The minimum absolute atomic E-state index is 0.0807. The van der Waals surface area contributed by atoms with E-state index < -0.39 is 8.07 Å². The first kappa shape index (κ1) is 24.2. The monoisotopic (exact) mass is 500 g/mol. The summed E-state index contributed by atoms with van der Waals surface area (Å²) < 4.78 is 7.92. The number of aromatic nitrogens is 4. The molecule has 0 radical (unpaired) electrons. The SMILES string of the molecule is Cc1c(O)cccc1-c1ccc2c(c1)c(-c1nc3c(CO)cccc3[nH]1)nn2COCC[Si](C)(C)C. The molecule has 0 fully saturated rings. The number of aromatic amines is 1. The first-order chi connectivity index (χ1) is 17.2. The van der Waals surface area contributed by atoms with Crippen LogP contribution in [0.4, 0.5) is 0 Å². The summed E-state index contributed by atoms with van der Waals surface area (Å²) in [6.45, 7) is 9.91. The Balaban J connectivity index is 1.62. The predicted molar refractivity (Wildman–Crippen MR) is 147 cm³/mol. The van der Waals surface area contributed by atoms with Crippen LogP contribution >= 0.6 is 0 Å². The number of nitrogens with zero attached hydrogens (tertiary/aromatic N) is 3. The summed E-state index contributed by atoms with van der Waals surface area (Å²) in [7, 11) is -1.19. The third-order valence-electron chi connectivity index (χ3n) is 6.57. The quantitative estimate of drug-likeness (QED) is 0.178. The van der Waals surface area contributed by atoms with Crippen molar-refractivity contribution in [1.82, 2.24) is 19.7 Å². The number of phenolic OH excluding ortho intramolecular Hbond substituents is 1. The van der Waals surface area contributed by atoms with Crippen molar-refractivity contribution in [2.75, 3.05) is 6.61 Å². The number of para-hydroxylation sites is 1. The molecule has 0 aliphatic heterocycles.